The quantitative estimate of drug-likeness (QED) is 0.519. The van der Waals surface area contributed by atoms with E-state index in [4.69, 9.17) is 5.73 Å². The van der Waals surface area contributed by atoms with E-state index in [2.05, 4.69) is 0 Å². The molecule has 0 aliphatic heterocycles. The van der Waals surface area contributed by atoms with Crippen LogP contribution in [0.3, 0.4) is 0 Å². The molecule has 0 spiro atoms. The van der Waals surface area contributed by atoms with Gasteiger partial charge in [0.1, 0.15) is 5.69 Å². The summed E-state index contributed by atoms with van der Waals surface area (Å²) >= 11 is 0. The van der Waals surface area contributed by atoms with Gasteiger partial charge in [0, 0.05) is 19.7 Å². The minimum absolute atomic E-state index is 0.0487. The van der Waals surface area contributed by atoms with Crippen LogP contribution >= 0.6 is 0 Å². The van der Waals surface area contributed by atoms with E-state index >= 15 is 0 Å². The minimum atomic E-state index is -3.71. The molecular weight excluding hydrogens is 282 g/mol. The second-order valence-electron chi connectivity index (χ2n) is 5.80. The third kappa shape index (κ3) is 3.67. The number of sulfonamides is 1. The average Bonchev–Trinajstić information content (AvgIpc) is 2.25. The number of rotatable bonds is 4. The number of anilines is 1. The summed E-state index contributed by atoms with van der Waals surface area (Å²) in [4.78, 5) is 9.97. The van der Waals surface area contributed by atoms with Gasteiger partial charge in [-0.15, -0.1) is 0 Å². The van der Waals surface area contributed by atoms with Gasteiger partial charge in [0.05, 0.1) is 9.82 Å². The third-order valence-corrected chi connectivity index (χ3v) is 4.40. The van der Waals surface area contributed by atoms with E-state index in [-0.39, 0.29) is 21.7 Å². The molecule has 0 aliphatic carbocycles. The Morgan fingerprint density at radius 2 is 1.90 bits per heavy atom. The summed E-state index contributed by atoms with van der Waals surface area (Å²) in [5.41, 5.74) is 4.85. The van der Waals surface area contributed by atoms with E-state index in [1.807, 2.05) is 20.8 Å². The lowest BCUT2D eigenvalue weighted by Gasteiger charge is -2.26. The molecule has 0 aliphatic rings. The van der Waals surface area contributed by atoms with Gasteiger partial charge in [0.2, 0.25) is 10.0 Å². The Hall–Kier alpha value is -1.67. The van der Waals surface area contributed by atoms with Crippen LogP contribution in [-0.2, 0) is 10.0 Å². The first-order valence-electron chi connectivity index (χ1n) is 5.95. The molecule has 0 fully saturated rings. The van der Waals surface area contributed by atoms with Crippen LogP contribution in [0.4, 0.5) is 11.4 Å². The molecule has 112 valence electrons. The molecule has 8 heteroatoms. The Labute approximate surface area is 118 Å². The van der Waals surface area contributed by atoms with Gasteiger partial charge in [0.15, 0.2) is 0 Å². The Morgan fingerprint density at radius 1 is 1.35 bits per heavy atom. The Bertz CT molecular complexity index is 620. The summed E-state index contributed by atoms with van der Waals surface area (Å²) in [5.74, 6) is 0. The van der Waals surface area contributed by atoms with E-state index < -0.39 is 14.9 Å². The van der Waals surface area contributed by atoms with Crippen LogP contribution in [0, 0.1) is 15.5 Å². The zero-order chi connectivity index (χ0) is 15.7. The number of hydrogen-bond acceptors (Lipinski definition) is 5. The zero-order valence-electron chi connectivity index (χ0n) is 12.0. The van der Waals surface area contributed by atoms with Crippen molar-refractivity contribution in [1.29, 1.82) is 0 Å². The van der Waals surface area contributed by atoms with Gasteiger partial charge in [-0.05, 0) is 17.5 Å². The largest absolute Gasteiger partial charge is 0.393 e. The Morgan fingerprint density at radius 3 is 2.30 bits per heavy atom. The number of nitro benzene ring substituents is 1. The molecule has 7 nitrogen and oxygen atoms in total. The van der Waals surface area contributed by atoms with Gasteiger partial charge in [-0.25, -0.2) is 12.7 Å². The van der Waals surface area contributed by atoms with Crippen molar-refractivity contribution < 1.29 is 13.3 Å². The molecule has 1 aromatic rings. The Balaban J connectivity index is 3.17. The first kappa shape index (κ1) is 16.4. The lowest BCUT2D eigenvalue weighted by atomic mass is 9.97. The number of nitrogens with zero attached hydrogens (tertiary/aromatic N) is 2. The van der Waals surface area contributed by atoms with Crippen LogP contribution in [0.5, 0.6) is 0 Å². The van der Waals surface area contributed by atoms with Crippen LogP contribution in [0.2, 0.25) is 0 Å². The molecule has 2 N–H and O–H groups in total. The lowest BCUT2D eigenvalue weighted by Crippen LogP contribution is -2.34. The molecule has 1 aromatic carbocycles. The number of nitrogens with two attached hydrogens (primary N) is 1. The normalized spacial score (nSPS) is 12.7. The van der Waals surface area contributed by atoms with Crippen molar-refractivity contribution in [3.8, 4) is 0 Å². The highest BCUT2D eigenvalue weighted by molar-refractivity contribution is 7.89. The highest BCUT2D eigenvalue weighted by Crippen LogP contribution is 2.27. The molecule has 0 amide bonds. The summed E-state index contributed by atoms with van der Waals surface area (Å²) in [6.07, 6.45) is 0. The topological polar surface area (TPSA) is 107 Å². The molecule has 0 aromatic heterocycles. The average molecular weight is 301 g/mol. The van der Waals surface area contributed by atoms with Gasteiger partial charge in [0.25, 0.3) is 5.69 Å². The van der Waals surface area contributed by atoms with Crippen molar-refractivity contribution in [2.24, 2.45) is 5.41 Å². The van der Waals surface area contributed by atoms with Crippen molar-refractivity contribution in [2.75, 3.05) is 19.3 Å². The van der Waals surface area contributed by atoms with Crippen LogP contribution < -0.4 is 5.73 Å². The number of benzene rings is 1. The van der Waals surface area contributed by atoms with Gasteiger partial charge >= 0.3 is 0 Å². The van der Waals surface area contributed by atoms with Crippen molar-refractivity contribution in [3.63, 3.8) is 0 Å². The number of hydrogen-bond donors (Lipinski definition) is 1. The standard InChI is InChI=1S/C12H19N3O4S/c1-12(2,3)8-14(4)20(18,19)9-5-6-11(15(16)17)10(13)7-9/h5-7H,8,13H2,1-4H3. The van der Waals surface area contributed by atoms with E-state index in [9.17, 15) is 18.5 Å². The summed E-state index contributed by atoms with van der Waals surface area (Å²) in [6, 6.07) is 3.42. The summed E-state index contributed by atoms with van der Waals surface area (Å²) in [7, 11) is -2.24. The predicted molar refractivity (Wildman–Crippen MR) is 76.8 cm³/mol. The molecule has 20 heavy (non-hydrogen) atoms. The minimum Gasteiger partial charge on any atom is -0.393 e. The molecule has 0 heterocycles. The smallest absolute Gasteiger partial charge is 0.292 e. The molecule has 0 radical (unpaired) electrons. The van der Waals surface area contributed by atoms with Gasteiger partial charge in [-0.1, -0.05) is 20.8 Å². The van der Waals surface area contributed by atoms with Crippen molar-refractivity contribution in [1.82, 2.24) is 4.31 Å². The fraction of sp³-hybridized carbons (Fsp3) is 0.500. The molecule has 0 saturated carbocycles. The summed E-state index contributed by atoms with van der Waals surface area (Å²) < 4.78 is 25.9. The van der Waals surface area contributed by atoms with E-state index in [1.54, 1.807) is 0 Å². The van der Waals surface area contributed by atoms with E-state index in [0.29, 0.717) is 6.54 Å². The second-order valence-corrected chi connectivity index (χ2v) is 7.84. The van der Waals surface area contributed by atoms with Crippen LogP contribution in [0.25, 0.3) is 0 Å². The van der Waals surface area contributed by atoms with Crippen molar-refractivity contribution in [3.05, 3.63) is 28.3 Å². The summed E-state index contributed by atoms with van der Waals surface area (Å²) in [6.45, 7) is 6.09. The third-order valence-electron chi connectivity index (χ3n) is 2.60. The maximum Gasteiger partial charge on any atom is 0.292 e. The maximum atomic E-state index is 12.3. The van der Waals surface area contributed by atoms with E-state index in [1.165, 1.54) is 17.4 Å². The number of nitrogen functional groups attached to an aromatic ring is 1. The highest BCUT2D eigenvalue weighted by Gasteiger charge is 2.26. The van der Waals surface area contributed by atoms with Crippen molar-refractivity contribution >= 4 is 21.4 Å². The van der Waals surface area contributed by atoms with Crippen molar-refractivity contribution in [2.45, 2.75) is 25.7 Å². The van der Waals surface area contributed by atoms with Crippen LogP contribution in [0.1, 0.15) is 20.8 Å². The SMILES string of the molecule is CN(CC(C)(C)C)S(=O)(=O)c1ccc([N+](=O)[O-])c(N)c1. The zero-order valence-corrected chi connectivity index (χ0v) is 12.8. The lowest BCUT2D eigenvalue weighted by molar-refractivity contribution is -0.383. The van der Waals surface area contributed by atoms with Crippen LogP contribution in [-0.4, -0.2) is 31.2 Å². The predicted octanol–water partition coefficient (Wildman–Crippen LogP) is 1.84. The van der Waals surface area contributed by atoms with Crippen LogP contribution in [0.15, 0.2) is 23.1 Å². The molecular formula is C12H19N3O4S. The first-order chi connectivity index (χ1) is 8.95. The first-order valence-corrected chi connectivity index (χ1v) is 7.39. The van der Waals surface area contributed by atoms with E-state index in [0.717, 1.165) is 12.1 Å². The Kier molecular flexibility index (Phi) is 4.40. The fourth-order valence-electron chi connectivity index (χ4n) is 1.79. The molecule has 0 atom stereocenters. The fourth-order valence-corrected chi connectivity index (χ4v) is 3.23. The monoisotopic (exact) mass is 301 g/mol. The molecule has 1 rings (SSSR count). The maximum absolute atomic E-state index is 12.3. The molecule has 0 bridgehead atoms. The summed E-state index contributed by atoms with van der Waals surface area (Å²) in [5, 5.41) is 10.7. The molecule has 0 unspecified atom stereocenters. The second kappa shape index (κ2) is 5.37. The highest BCUT2D eigenvalue weighted by atomic mass is 32.2. The molecule has 0 saturated heterocycles. The van der Waals surface area contributed by atoms with Gasteiger partial charge in [-0.3, -0.25) is 10.1 Å². The van der Waals surface area contributed by atoms with Gasteiger partial charge in [-0.2, -0.15) is 0 Å². The number of nitro groups is 1. The van der Waals surface area contributed by atoms with Gasteiger partial charge < -0.3 is 5.73 Å².